The number of hydrogen-bond acceptors (Lipinski definition) is 3. The molecule has 0 aromatic heterocycles. The molecule has 0 amide bonds. The maximum atomic E-state index is 12.2. The third-order valence-corrected chi connectivity index (χ3v) is 10.8. The Morgan fingerprint density at radius 1 is 1.14 bits per heavy atom. The zero-order valence-electron chi connectivity index (χ0n) is 14.6. The molecular formula is C17H32O3Si. The van der Waals surface area contributed by atoms with E-state index in [0.717, 1.165) is 32.1 Å². The highest BCUT2D eigenvalue weighted by atomic mass is 28.4. The second-order valence-electron chi connectivity index (χ2n) is 8.46. The van der Waals surface area contributed by atoms with Gasteiger partial charge in [-0.05, 0) is 43.8 Å². The molecule has 2 fully saturated rings. The van der Waals surface area contributed by atoms with Gasteiger partial charge >= 0.3 is 5.97 Å². The van der Waals surface area contributed by atoms with Crippen molar-refractivity contribution in [2.45, 2.75) is 83.5 Å². The Kier molecular flexibility index (Phi) is 4.61. The van der Waals surface area contributed by atoms with Crippen molar-refractivity contribution in [1.82, 2.24) is 0 Å². The molecule has 2 aliphatic rings. The van der Waals surface area contributed by atoms with Crippen LogP contribution in [-0.4, -0.2) is 27.5 Å². The summed E-state index contributed by atoms with van der Waals surface area (Å²) < 4.78 is 11.8. The molecular weight excluding hydrogens is 280 g/mol. The number of hydrogen-bond donors (Lipinski definition) is 0. The summed E-state index contributed by atoms with van der Waals surface area (Å²) >= 11 is 0. The van der Waals surface area contributed by atoms with Gasteiger partial charge in [0.1, 0.15) is 0 Å². The molecule has 1 unspecified atom stereocenters. The van der Waals surface area contributed by atoms with E-state index >= 15 is 0 Å². The first-order valence-corrected chi connectivity index (χ1v) is 11.3. The fourth-order valence-corrected chi connectivity index (χ4v) is 5.47. The van der Waals surface area contributed by atoms with E-state index in [1.807, 2.05) is 0 Å². The van der Waals surface area contributed by atoms with Crippen molar-refractivity contribution in [2.24, 2.45) is 11.3 Å². The van der Waals surface area contributed by atoms with Crippen LogP contribution in [0.5, 0.6) is 0 Å². The Labute approximate surface area is 130 Å². The van der Waals surface area contributed by atoms with Crippen molar-refractivity contribution in [2.75, 3.05) is 7.11 Å². The molecule has 0 saturated heterocycles. The van der Waals surface area contributed by atoms with Crippen LogP contribution in [-0.2, 0) is 14.0 Å². The lowest BCUT2D eigenvalue weighted by Gasteiger charge is -2.44. The van der Waals surface area contributed by atoms with E-state index < -0.39 is 8.32 Å². The Bertz CT molecular complexity index is 395. The van der Waals surface area contributed by atoms with Crippen molar-refractivity contribution >= 4 is 14.3 Å². The highest BCUT2D eigenvalue weighted by Crippen LogP contribution is 2.57. The molecule has 0 aromatic rings. The lowest BCUT2D eigenvalue weighted by Crippen LogP contribution is -2.49. The average molecular weight is 313 g/mol. The Morgan fingerprint density at radius 3 is 2.24 bits per heavy atom. The normalized spacial score (nSPS) is 33.6. The fourth-order valence-electron chi connectivity index (χ4n) is 4.05. The lowest BCUT2D eigenvalue weighted by atomic mass is 9.74. The standard InChI is InChI=1S/C17H32O3Si/c1-16(2,3)21(5,6)20-14-10-8-12-17(14)11-7-9-13(17)15(18)19-4/h13-14H,7-12H2,1-6H3/t13?,14-,17+/m0/s1. The van der Waals surface area contributed by atoms with E-state index in [0.29, 0.717) is 0 Å². The van der Waals surface area contributed by atoms with Gasteiger partial charge in [0, 0.05) is 5.41 Å². The van der Waals surface area contributed by atoms with Crippen molar-refractivity contribution in [1.29, 1.82) is 0 Å². The fraction of sp³-hybridized carbons (Fsp3) is 0.941. The predicted molar refractivity (Wildman–Crippen MR) is 87.7 cm³/mol. The second kappa shape index (κ2) is 5.69. The monoisotopic (exact) mass is 312 g/mol. The lowest BCUT2D eigenvalue weighted by molar-refractivity contribution is -0.151. The average Bonchev–Trinajstić information content (AvgIpc) is 2.96. The summed E-state index contributed by atoms with van der Waals surface area (Å²) in [6, 6.07) is 0. The molecule has 3 nitrogen and oxygen atoms in total. The third kappa shape index (κ3) is 2.94. The summed E-state index contributed by atoms with van der Waals surface area (Å²) in [6.07, 6.45) is 6.93. The van der Waals surface area contributed by atoms with Gasteiger partial charge in [-0.15, -0.1) is 0 Å². The highest BCUT2D eigenvalue weighted by Gasteiger charge is 2.56. The molecule has 0 aliphatic heterocycles. The zero-order chi connectivity index (χ0) is 15.9. The van der Waals surface area contributed by atoms with Gasteiger partial charge in [-0.25, -0.2) is 0 Å². The van der Waals surface area contributed by atoms with Crippen LogP contribution in [0.1, 0.15) is 59.3 Å². The van der Waals surface area contributed by atoms with E-state index in [1.165, 1.54) is 13.5 Å². The van der Waals surface area contributed by atoms with Crippen molar-refractivity contribution in [3.63, 3.8) is 0 Å². The first-order valence-electron chi connectivity index (χ1n) is 8.40. The predicted octanol–water partition coefficient (Wildman–Crippen LogP) is 4.52. The summed E-state index contributed by atoms with van der Waals surface area (Å²) in [5.41, 5.74) is 0.0581. The van der Waals surface area contributed by atoms with E-state index in [1.54, 1.807) is 0 Å². The molecule has 0 heterocycles. The minimum Gasteiger partial charge on any atom is -0.469 e. The Morgan fingerprint density at radius 2 is 1.71 bits per heavy atom. The molecule has 0 N–H and O–H groups in total. The Hall–Kier alpha value is -0.353. The zero-order valence-corrected chi connectivity index (χ0v) is 15.6. The van der Waals surface area contributed by atoms with Crippen molar-refractivity contribution in [3.8, 4) is 0 Å². The van der Waals surface area contributed by atoms with Crippen LogP contribution in [0.25, 0.3) is 0 Å². The molecule has 0 bridgehead atoms. The van der Waals surface area contributed by atoms with Crippen LogP contribution in [0.15, 0.2) is 0 Å². The van der Waals surface area contributed by atoms with Gasteiger partial charge in [0.2, 0.25) is 0 Å². The van der Waals surface area contributed by atoms with Gasteiger partial charge in [-0.3, -0.25) is 4.79 Å². The molecule has 21 heavy (non-hydrogen) atoms. The number of rotatable bonds is 3. The highest BCUT2D eigenvalue weighted by molar-refractivity contribution is 6.74. The van der Waals surface area contributed by atoms with Crippen LogP contribution >= 0.6 is 0 Å². The van der Waals surface area contributed by atoms with Crippen LogP contribution < -0.4 is 0 Å². The molecule has 4 heteroatoms. The summed E-state index contributed by atoms with van der Waals surface area (Å²) in [4.78, 5) is 12.2. The number of carbonyl (C=O) groups is 1. The largest absolute Gasteiger partial charge is 0.469 e. The minimum absolute atomic E-state index is 0.0155. The number of carbonyl (C=O) groups excluding carboxylic acids is 1. The van der Waals surface area contributed by atoms with Crippen LogP contribution in [0.4, 0.5) is 0 Å². The van der Waals surface area contributed by atoms with Gasteiger partial charge in [-0.1, -0.05) is 33.6 Å². The van der Waals surface area contributed by atoms with Crippen molar-refractivity contribution < 1.29 is 14.0 Å². The number of methoxy groups -OCH3 is 1. The molecule has 3 atom stereocenters. The topological polar surface area (TPSA) is 35.5 Å². The van der Waals surface area contributed by atoms with E-state index in [-0.39, 0.29) is 28.4 Å². The van der Waals surface area contributed by atoms with Crippen LogP contribution in [0, 0.1) is 11.3 Å². The molecule has 1 spiro atoms. The quantitative estimate of drug-likeness (QED) is 0.568. The van der Waals surface area contributed by atoms with E-state index in [9.17, 15) is 4.79 Å². The summed E-state index contributed by atoms with van der Waals surface area (Å²) in [6.45, 7) is 11.5. The SMILES string of the molecule is COC(=O)C1CCC[C@@]12CCC[C@@H]2O[Si](C)(C)C(C)(C)C. The second-order valence-corrected chi connectivity index (χ2v) is 13.2. The van der Waals surface area contributed by atoms with E-state index in [2.05, 4.69) is 33.9 Å². The maximum absolute atomic E-state index is 12.2. The maximum Gasteiger partial charge on any atom is 0.309 e. The summed E-state index contributed by atoms with van der Waals surface area (Å²) in [5, 5.41) is 0.218. The summed E-state index contributed by atoms with van der Waals surface area (Å²) in [7, 11) is -0.269. The first-order chi connectivity index (χ1) is 9.64. The van der Waals surface area contributed by atoms with Crippen molar-refractivity contribution in [3.05, 3.63) is 0 Å². The molecule has 2 saturated carbocycles. The summed E-state index contributed by atoms with van der Waals surface area (Å²) in [5.74, 6) is 0.0398. The van der Waals surface area contributed by atoms with Gasteiger partial charge in [0.15, 0.2) is 8.32 Å². The van der Waals surface area contributed by atoms with E-state index in [4.69, 9.17) is 9.16 Å². The Balaban J connectivity index is 2.22. The smallest absolute Gasteiger partial charge is 0.309 e. The van der Waals surface area contributed by atoms with Gasteiger partial charge in [0.25, 0.3) is 0 Å². The minimum atomic E-state index is -1.79. The third-order valence-electron chi connectivity index (χ3n) is 6.31. The molecule has 0 radical (unpaired) electrons. The molecule has 0 aromatic carbocycles. The van der Waals surface area contributed by atoms with Gasteiger partial charge < -0.3 is 9.16 Å². The number of esters is 1. The van der Waals surface area contributed by atoms with Gasteiger partial charge in [-0.2, -0.15) is 0 Å². The number of ether oxygens (including phenoxy) is 1. The first kappa shape index (κ1) is 17.0. The molecule has 2 aliphatic carbocycles. The molecule has 122 valence electrons. The van der Waals surface area contributed by atoms with Crippen LogP contribution in [0.3, 0.4) is 0 Å². The van der Waals surface area contributed by atoms with Gasteiger partial charge in [0.05, 0.1) is 19.1 Å². The van der Waals surface area contributed by atoms with Crippen LogP contribution in [0.2, 0.25) is 18.1 Å². The molecule has 2 rings (SSSR count).